The molecule has 2 aromatic rings. The van der Waals surface area contributed by atoms with Crippen LogP contribution < -0.4 is 14.4 Å². The molecule has 3 aliphatic heterocycles. The van der Waals surface area contributed by atoms with Gasteiger partial charge in [-0.05, 0) is 43.9 Å². The van der Waals surface area contributed by atoms with Crippen molar-refractivity contribution in [2.45, 2.75) is 37.9 Å². The van der Waals surface area contributed by atoms with Crippen LogP contribution in [0.25, 0.3) is 0 Å². The minimum Gasteiger partial charge on any atom is -0.489 e. The minimum absolute atomic E-state index is 0.0752. The van der Waals surface area contributed by atoms with E-state index in [1.807, 2.05) is 41.3 Å². The van der Waals surface area contributed by atoms with Crippen molar-refractivity contribution in [3.63, 3.8) is 0 Å². The van der Waals surface area contributed by atoms with E-state index in [4.69, 9.17) is 14.2 Å². The maximum absolute atomic E-state index is 14.0. The highest BCUT2D eigenvalue weighted by molar-refractivity contribution is 5.99. The first kappa shape index (κ1) is 30.7. The summed E-state index contributed by atoms with van der Waals surface area (Å²) >= 11 is 0. The predicted octanol–water partition coefficient (Wildman–Crippen LogP) is 4.42. The molecule has 2 unspecified atom stereocenters. The summed E-state index contributed by atoms with van der Waals surface area (Å²) in [6.07, 6.45) is 1.88. The van der Waals surface area contributed by atoms with Gasteiger partial charge < -0.3 is 28.9 Å². The van der Waals surface area contributed by atoms with Gasteiger partial charge in [0.25, 0.3) is 5.91 Å². The second-order valence-corrected chi connectivity index (χ2v) is 10.8. The number of piperidine rings is 1. The molecular formula is C31H37F3N4O5. The number of carbonyl (C=O) groups excluding carboxylic acids is 2. The van der Waals surface area contributed by atoms with Crippen molar-refractivity contribution in [2.75, 3.05) is 64.6 Å². The summed E-state index contributed by atoms with van der Waals surface area (Å²) in [6, 6.07) is 7.99. The Morgan fingerprint density at radius 1 is 1.07 bits per heavy atom. The first-order valence-electron chi connectivity index (χ1n) is 14.7. The zero-order valence-corrected chi connectivity index (χ0v) is 24.2. The minimum atomic E-state index is -4.77. The highest BCUT2D eigenvalue weighted by atomic mass is 19.4. The number of piperazine rings is 1. The highest BCUT2D eigenvalue weighted by Gasteiger charge is 2.44. The molecule has 12 heteroatoms. The third kappa shape index (κ3) is 6.90. The van der Waals surface area contributed by atoms with Gasteiger partial charge in [-0.15, -0.1) is 0 Å². The van der Waals surface area contributed by atoms with Gasteiger partial charge in [-0.3, -0.25) is 9.59 Å². The average molecular weight is 603 g/mol. The van der Waals surface area contributed by atoms with Crippen LogP contribution in [0.3, 0.4) is 0 Å². The molecule has 0 N–H and O–H groups in total. The highest BCUT2D eigenvalue weighted by Crippen LogP contribution is 2.38. The fourth-order valence-corrected chi connectivity index (χ4v) is 6.08. The van der Waals surface area contributed by atoms with Crippen molar-refractivity contribution in [3.05, 3.63) is 59.8 Å². The Bertz CT molecular complexity index is 1310. The van der Waals surface area contributed by atoms with Crippen LogP contribution in [-0.4, -0.2) is 92.3 Å². The molecule has 0 spiro atoms. The van der Waals surface area contributed by atoms with Gasteiger partial charge in [0.1, 0.15) is 17.9 Å². The maximum Gasteiger partial charge on any atom is 0.417 e. The maximum atomic E-state index is 14.0. The number of ether oxygens (including phenoxy) is 3. The molecule has 0 aliphatic carbocycles. The first-order valence-corrected chi connectivity index (χ1v) is 14.7. The summed E-state index contributed by atoms with van der Waals surface area (Å²) in [5.74, 6) is -0.988. The van der Waals surface area contributed by atoms with Crippen molar-refractivity contribution in [1.29, 1.82) is 0 Å². The number of rotatable bonds is 6. The molecule has 3 aliphatic rings. The quantitative estimate of drug-likeness (QED) is 0.358. The van der Waals surface area contributed by atoms with Gasteiger partial charge in [-0.1, -0.05) is 24.3 Å². The zero-order chi connectivity index (χ0) is 30.4. The van der Waals surface area contributed by atoms with Crippen molar-refractivity contribution in [2.24, 2.45) is 5.92 Å². The summed E-state index contributed by atoms with van der Waals surface area (Å²) < 4.78 is 58.6. The van der Waals surface area contributed by atoms with Crippen molar-refractivity contribution in [3.8, 4) is 11.6 Å². The summed E-state index contributed by atoms with van der Waals surface area (Å²) in [6.45, 7) is 3.40. The number of pyridine rings is 1. The van der Waals surface area contributed by atoms with E-state index in [0.29, 0.717) is 65.1 Å². The van der Waals surface area contributed by atoms with Gasteiger partial charge >= 0.3 is 6.18 Å². The molecule has 4 heterocycles. The van der Waals surface area contributed by atoms with E-state index >= 15 is 0 Å². The van der Waals surface area contributed by atoms with Crippen LogP contribution in [0.15, 0.2) is 48.7 Å². The lowest BCUT2D eigenvalue weighted by atomic mass is 9.85. The van der Waals surface area contributed by atoms with Crippen LogP contribution in [0.1, 0.15) is 41.6 Å². The van der Waals surface area contributed by atoms with Crippen LogP contribution in [0.2, 0.25) is 0 Å². The van der Waals surface area contributed by atoms with E-state index in [1.165, 1.54) is 4.90 Å². The van der Waals surface area contributed by atoms with Gasteiger partial charge in [0.2, 0.25) is 11.8 Å². The zero-order valence-electron chi connectivity index (χ0n) is 24.2. The lowest BCUT2D eigenvalue weighted by Crippen LogP contribution is -2.56. The van der Waals surface area contributed by atoms with Gasteiger partial charge in [-0.2, -0.15) is 13.2 Å². The smallest absolute Gasteiger partial charge is 0.417 e. The van der Waals surface area contributed by atoms with Crippen molar-refractivity contribution >= 4 is 17.5 Å². The number of nitrogens with zero attached hydrogens (tertiary/aromatic N) is 4. The van der Waals surface area contributed by atoms with Crippen LogP contribution in [0, 0.1) is 5.92 Å². The van der Waals surface area contributed by atoms with E-state index in [9.17, 15) is 22.8 Å². The number of hydrogen-bond acceptors (Lipinski definition) is 7. The molecule has 232 valence electrons. The number of benzene rings is 1. The normalized spacial score (nSPS) is 22.1. The Morgan fingerprint density at radius 2 is 1.86 bits per heavy atom. The molecule has 43 heavy (non-hydrogen) atoms. The SMILES string of the molecule is COCCOc1ccccc1N1CCN(C(=O)C2CCCN3C(=O)c4c(C(F)(F)F)ccnc4OCC/C=C/CC23)CC1. The standard InChI is InChI=1S/C31H37F3N4O5/c1-41-20-21-42-26-11-5-4-10-25(26)36-15-17-37(18-16-36)29(39)22-8-7-14-38-24(22)9-3-2-6-19-43-28-27(30(38)40)23(12-13-35-28)31(32,33)34/h2-5,10-13,22,24H,6-9,14-21H2,1H3/b3-2+. The molecule has 2 fully saturated rings. The molecule has 1 aromatic carbocycles. The number of aromatic nitrogens is 1. The van der Waals surface area contributed by atoms with Crippen LogP contribution in [0.4, 0.5) is 18.9 Å². The molecule has 2 atom stereocenters. The molecule has 2 saturated heterocycles. The second-order valence-electron chi connectivity index (χ2n) is 10.8. The number of amides is 2. The van der Waals surface area contributed by atoms with Crippen molar-refractivity contribution in [1.82, 2.24) is 14.8 Å². The lowest BCUT2D eigenvalue weighted by Gasteiger charge is -2.44. The second kappa shape index (κ2) is 13.7. The summed E-state index contributed by atoms with van der Waals surface area (Å²) in [5, 5.41) is 0. The Kier molecular flexibility index (Phi) is 9.74. The number of anilines is 1. The topological polar surface area (TPSA) is 84.4 Å². The number of fused-ring (bicyclic) bond motifs is 2. The fourth-order valence-electron chi connectivity index (χ4n) is 6.08. The van der Waals surface area contributed by atoms with Gasteiger partial charge in [-0.25, -0.2) is 4.98 Å². The van der Waals surface area contributed by atoms with E-state index in [0.717, 1.165) is 23.7 Å². The fraction of sp³-hybridized carbons (Fsp3) is 0.516. The molecule has 5 rings (SSSR count). The predicted molar refractivity (Wildman–Crippen MR) is 153 cm³/mol. The number of methoxy groups -OCH3 is 1. The number of hydrogen-bond donors (Lipinski definition) is 0. The monoisotopic (exact) mass is 602 g/mol. The summed E-state index contributed by atoms with van der Waals surface area (Å²) in [4.78, 5) is 37.3. The number of carbonyl (C=O) groups is 2. The molecule has 0 bridgehead atoms. The van der Waals surface area contributed by atoms with E-state index in [2.05, 4.69) is 9.88 Å². The molecular weight excluding hydrogens is 565 g/mol. The molecule has 2 amide bonds. The van der Waals surface area contributed by atoms with Gasteiger partial charge in [0, 0.05) is 52.1 Å². The Balaban J connectivity index is 1.34. The number of halogens is 3. The van der Waals surface area contributed by atoms with E-state index in [1.54, 1.807) is 7.11 Å². The lowest BCUT2D eigenvalue weighted by molar-refractivity contribution is -0.140. The first-order chi connectivity index (χ1) is 20.8. The largest absolute Gasteiger partial charge is 0.489 e. The summed E-state index contributed by atoms with van der Waals surface area (Å²) in [5.41, 5.74) is -0.719. The Hall–Kier alpha value is -3.80. The van der Waals surface area contributed by atoms with Crippen LogP contribution in [-0.2, 0) is 15.7 Å². The van der Waals surface area contributed by atoms with E-state index in [-0.39, 0.29) is 24.9 Å². The molecule has 0 radical (unpaired) electrons. The summed E-state index contributed by atoms with van der Waals surface area (Å²) in [7, 11) is 1.62. The van der Waals surface area contributed by atoms with Crippen LogP contribution in [0.5, 0.6) is 11.6 Å². The van der Waals surface area contributed by atoms with Crippen molar-refractivity contribution < 1.29 is 37.0 Å². The molecule has 1 aromatic heterocycles. The molecule has 0 saturated carbocycles. The third-order valence-corrected chi connectivity index (χ3v) is 8.20. The van der Waals surface area contributed by atoms with E-state index < -0.39 is 35.2 Å². The van der Waals surface area contributed by atoms with Gasteiger partial charge in [0.05, 0.1) is 30.4 Å². The third-order valence-electron chi connectivity index (χ3n) is 8.20. The van der Waals surface area contributed by atoms with Crippen LogP contribution >= 0.6 is 0 Å². The Morgan fingerprint density at radius 3 is 2.63 bits per heavy atom. The number of alkyl halides is 3. The Labute approximate surface area is 249 Å². The molecule has 9 nitrogen and oxygen atoms in total. The van der Waals surface area contributed by atoms with Gasteiger partial charge in [0.15, 0.2) is 0 Å². The average Bonchev–Trinajstić information content (AvgIpc) is 3.04. The number of para-hydroxylation sites is 2.